The maximum atomic E-state index is 11.7. The summed E-state index contributed by atoms with van der Waals surface area (Å²) in [6, 6.07) is 3.55. The molecule has 1 fully saturated rings. The van der Waals surface area contributed by atoms with Gasteiger partial charge in [0.1, 0.15) is 0 Å². The molecule has 0 unspecified atom stereocenters. The van der Waals surface area contributed by atoms with Gasteiger partial charge in [0, 0.05) is 6.54 Å². The van der Waals surface area contributed by atoms with Crippen molar-refractivity contribution in [3.63, 3.8) is 0 Å². The quantitative estimate of drug-likeness (QED) is 0.750. The van der Waals surface area contributed by atoms with Crippen LogP contribution in [-0.4, -0.2) is 16.5 Å². The van der Waals surface area contributed by atoms with Crippen molar-refractivity contribution >= 4 is 22.3 Å². The van der Waals surface area contributed by atoms with Gasteiger partial charge in [0.2, 0.25) is 0 Å². The van der Waals surface area contributed by atoms with E-state index in [9.17, 15) is 4.79 Å². The zero-order chi connectivity index (χ0) is 14.2. The van der Waals surface area contributed by atoms with Crippen molar-refractivity contribution in [2.24, 2.45) is 5.41 Å². The van der Waals surface area contributed by atoms with Crippen LogP contribution < -0.4 is 16.6 Å². The van der Waals surface area contributed by atoms with E-state index in [0.717, 1.165) is 12.2 Å². The van der Waals surface area contributed by atoms with E-state index < -0.39 is 0 Å². The minimum Gasteiger partial charge on any atom is -0.397 e. The molecular weight excluding hydrogens is 252 g/mol. The van der Waals surface area contributed by atoms with E-state index in [-0.39, 0.29) is 5.56 Å². The number of nitrogens with two attached hydrogens (primary N) is 1. The number of benzene rings is 1. The van der Waals surface area contributed by atoms with Gasteiger partial charge in [-0.1, -0.05) is 19.8 Å². The Balaban J connectivity index is 1.88. The lowest BCUT2D eigenvalue weighted by Crippen LogP contribution is -2.23. The predicted molar refractivity (Wildman–Crippen MR) is 81.8 cm³/mol. The highest BCUT2D eigenvalue weighted by Crippen LogP contribution is 2.38. The SMILES string of the molecule is CC1(CNc2cc3nc[nH]c(=O)c3cc2N)CCCC1. The molecule has 1 saturated carbocycles. The standard InChI is InChI=1S/C15H20N4O/c1-15(4-2-3-5-15)8-17-13-7-12-10(6-11(13)16)14(20)19-9-18-12/h6-7,9,17H,2-5,8,16H2,1H3,(H,18,19,20). The molecule has 0 spiro atoms. The molecule has 0 amide bonds. The Kier molecular flexibility index (Phi) is 3.12. The second-order valence-electron chi connectivity index (χ2n) is 6.06. The van der Waals surface area contributed by atoms with Gasteiger partial charge in [-0.05, 0) is 30.4 Å². The Hall–Kier alpha value is -2.04. The average Bonchev–Trinajstić information content (AvgIpc) is 2.85. The Morgan fingerprint density at radius 2 is 2.15 bits per heavy atom. The third kappa shape index (κ3) is 2.35. The summed E-state index contributed by atoms with van der Waals surface area (Å²) < 4.78 is 0. The number of aromatic amines is 1. The third-order valence-electron chi connectivity index (χ3n) is 4.33. The van der Waals surface area contributed by atoms with E-state index in [0.29, 0.717) is 22.0 Å². The second-order valence-corrected chi connectivity index (χ2v) is 6.06. The summed E-state index contributed by atoms with van der Waals surface area (Å²) in [5.41, 5.74) is 8.36. The Morgan fingerprint density at radius 3 is 2.90 bits per heavy atom. The number of nitrogen functional groups attached to an aromatic ring is 1. The van der Waals surface area contributed by atoms with Gasteiger partial charge in [-0.3, -0.25) is 4.79 Å². The molecule has 1 aromatic carbocycles. The van der Waals surface area contributed by atoms with Crippen molar-refractivity contribution in [3.8, 4) is 0 Å². The van der Waals surface area contributed by atoms with Gasteiger partial charge in [-0.25, -0.2) is 4.98 Å². The fourth-order valence-corrected chi connectivity index (χ4v) is 3.00. The van der Waals surface area contributed by atoms with Crippen LogP contribution in [-0.2, 0) is 0 Å². The lowest BCUT2D eigenvalue weighted by Gasteiger charge is -2.25. The van der Waals surface area contributed by atoms with Crippen molar-refractivity contribution in [1.82, 2.24) is 9.97 Å². The Labute approximate surface area is 117 Å². The number of hydrogen-bond donors (Lipinski definition) is 3. The minimum atomic E-state index is -0.156. The van der Waals surface area contributed by atoms with E-state index in [4.69, 9.17) is 5.73 Å². The molecule has 2 aromatic rings. The molecule has 0 saturated heterocycles. The summed E-state index contributed by atoms with van der Waals surface area (Å²) in [4.78, 5) is 18.4. The molecule has 0 aliphatic heterocycles. The molecule has 0 bridgehead atoms. The lowest BCUT2D eigenvalue weighted by molar-refractivity contribution is 0.362. The first kappa shape index (κ1) is 13.0. The Bertz CT molecular complexity index is 686. The van der Waals surface area contributed by atoms with Crippen LogP contribution in [0.15, 0.2) is 23.3 Å². The molecule has 3 rings (SSSR count). The molecule has 1 heterocycles. The van der Waals surface area contributed by atoms with Crippen LogP contribution in [0.1, 0.15) is 32.6 Å². The van der Waals surface area contributed by atoms with E-state index in [1.54, 1.807) is 6.07 Å². The summed E-state index contributed by atoms with van der Waals surface area (Å²) >= 11 is 0. The van der Waals surface area contributed by atoms with Crippen molar-refractivity contribution in [2.45, 2.75) is 32.6 Å². The number of fused-ring (bicyclic) bond motifs is 1. The predicted octanol–water partition coefficient (Wildman–Crippen LogP) is 2.50. The van der Waals surface area contributed by atoms with Gasteiger partial charge in [0.25, 0.3) is 5.56 Å². The van der Waals surface area contributed by atoms with E-state index in [2.05, 4.69) is 22.2 Å². The van der Waals surface area contributed by atoms with Crippen LogP contribution in [0.25, 0.3) is 10.9 Å². The topological polar surface area (TPSA) is 83.8 Å². The fraction of sp³-hybridized carbons (Fsp3) is 0.467. The molecule has 20 heavy (non-hydrogen) atoms. The molecule has 4 N–H and O–H groups in total. The first-order valence-electron chi connectivity index (χ1n) is 7.08. The maximum absolute atomic E-state index is 11.7. The molecule has 106 valence electrons. The minimum absolute atomic E-state index is 0.156. The van der Waals surface area contributed by atoms with Crippen LogP contribution in [0.2, 0.25) is 0 Å². The second kappa shape index (κ2) is 4.81. The molecule has 5 heteroatoms. The van der Waals surface area contributed by atoms with Crippen LogP contribution >= 0.6 is 0 Å². The third-order valence-corrected chi connectivity index (χ3v) is 4.33. The first-order chi connectivity index (χ1) is 9.57. The highest BCUT2D eigenvalue weighted by molar-refractivity contribution is 5.88. The van der Waals surface area contributed by atoms with E-state index in [1.165, 1.54) is 32.0 Å². The summed E-state index contributed by atoms with van der Waals surface area (Å²) in [5, 5.41) is 3.96. The number of H-pyrrole nitrogens is 1. The molecule has 1 aliphatic carbocycles. The van der Waals surface area contributed by atoms with Crippen molar-refractivity contribution in [3.05, 3.63) is 28.8 Å². The largest absolute Gasteiger partial charge is 0.397 e. The molecule has 0 atom stereocenters. The normalized spacial score (nSPS) is 17.4. The molecule has 5 nitrogen and oxygen atoms in total. The highest BCUT2D eigenvalue weighted by atomic mass is 16.1. The van der Waals surface area contributed by atoms with Gasteiger partial charge in [0.05, 0.1) is 28.6 Å². The van der Waals surface area contributed by atoms with Crippen molar-refractivity contribution in [2.75, 3.05) is 17.6 Å². The lowest BCUT2D eigenvalue weighted by atomic mass is 9.89. The van der Waals surface area contributed by atoms with Gasteiger partial charge in [0.15, 0.2) is 0 Å². The van der Waals surface area contributed by atoms with Crippen molar-refractivity contribution in [1.29, 1.82) is 0 Å². The summed E-state index contributed by atoms with van der Waals surface area (Å²) in [5.74, 6) is 0. The molecular formula is C15H20N4O. The highest BCUT2D eigenvalue weighted by Gasteiger charge is 2.28. The van der Waals surface area contributed by atoms with Crippen LogP contribution in [0.3, 0.4) is 0 Å². The monoisotopic (exact) mass is 272 g/mol. The van der Waals surface area contributed by atoms with Crippen LogP contribution in [0.5, 0.6) is 0 Å². The molecule has 1 aromatic heterocycles. The number of nitrogens with one attached hydrogen (secondary N) is 2. The summed E-state index contributed by atoms with van der Waals surface area (Å²) in [6.45, 7) is 3.22. The van der Waals surface area contributed by atoms with Crippen LogP contribution in [0.4, 0.5) is 11.4 Å². The number of aromatic nitrogens is 2. The first-order valence-corrected chi connectivity index (χ1v) is 7.08. The van der Waals surface area contributed by atoms with Crippen LogP contribution in [0, 0.1) is 5.41 Å². The number of rotatable bonds is 3. The summed E-state index contributed by atoms with van der Waals surface area (Å²) in [7, 11) is 0. The number of nitrogens with zero attached hydrogens (tertiary/aromatic N) is 1. The van der Waals surface area contributed by atoms with Gasteiger partial charge < -0.3 is 16.0 Å². The number of anilines is 2. The molecule has 0 radical (unpaired) electrons. The smallest absolute Gasteiger partial charge is 0.258 e. The average molecular weight is 272 g/mol. The summed E-state index contributed by atoms with van der Waals surface area (Å²) in [6.07, 6.45) is 6.55. The maximum Gasteiger partial charge on any atom is 0.258 e. The van der Waals surface area contributed by atoms with Crippen molar-refractivity contribution < 1.29 is 0 Å². The van der Waals surface area contributed by atoms with E-state index >= 15 is 0 Å². The van der Waals surface area contributed by atoms with Gasteiger partial charge in [-0.2, -0.15) is 0 Å². The number of hydrogen-bond acceptors (Lipinski definition) is 4. The fourth-order valence-electron chi connectivity index (χ4n) is 3.00. The zero-order valence-corrected chi connectivity index (χ0v) is 11.7. The van der Waals surface area contributed by atoms with Gasteiger partial charge >= 0.3 is 0 Å². The Morgan fingerprint density at radius 1 is 1.40 bits per heavy atom. The van der Waals surface area contributed by atoms with Gasteiger partial charge in [-0.15, -0.1) is 0 Å². The zero-order valence-electron chi connectivity index (χ0n) is 11.7. The van der Waals surface area contributed by atoms with E-state index in [1.807, 2.05) is 6.07 Å². The molecule has 1 aliphatic rings.